The van der Waals surface area contributed by atoms with E-state index in [9.17, 15) is 8.78 Å². The molecule has 0 saturated carbocycles. The number of benzene rings is 1. The number of nitrogens with two attached hydrogens (primary N) is 1. The zero-order valence-electron chi connectivity index (χ0n) is 10.8. The maximum atomic E-state index is 13.7. The topological polar surface area (TPSA) is 43.8 Å². The summed E-state index contributed by atoms with van der Waals surface area (Å²) >= 11 is 1.64. The Morgan fingerprint density at radius 2 is 2.20 bits per heavy atom. The Balaban J connectivity index is 2.08. The van der Waals surface area contributed by atoms with Crippen molar-refractivity contribution in [3.63, 3.8) is 0 Å². The van der Waals surface area contributed by atoms with Crippen molar-refractivity contribution >= 4 is 28.3 Å². The lowest BCUT2D eigenvalue weighted by Crippen LogP contribution is -2.10. The molecular formula is C14H13F2N3S. The lowest BCUT2D eigenvalue weighted by atomic mass is 10.2. The summed E-state index contributed by atoms with van der Waals surface area (Å²) in [6.07, 6.45) is 0.742. The second-order valence-electron chi connectivity index (χ2n) is 4.73. The number of nitrogen functional groups attached to an aromatic ring is 1. The second-order valence-corrected chi connectivity index (χ2v) is 5.76. The fourth-order valence-corrected chi connectivity index (χ4v) is 3.24. The highest BCUT2D eigenvalue weighted by molar-refractivity contribution is 7.09. The molecule has 3 nitrogen and oxygen atoms in total. The summed E-state index contributed by atoms with van der Waals surface area (Å²) in [4.78, 5) is 5.20. The van der Waals surface area contributed by atoms with Gasteiger partial charge >= 0.3 is 0 Å². The number of anilines is 1. The molecular weight excluding hydrogens is 280 g/mol. The van der Waals surface area contributed by atoms with E-state index >= 15 is 0 Å². The second kappa shape index (κ2) is 4.86. The van der Waals surface area contributed by atoms with E-state index in [1.807, 2.05) is 24.4 Å². The Labute approximate surface area is 118 Å². The van der Waals surface area contributed by atoms with Crippen molar-refractivity contribution in [2.24, 2.45) is 0 Å². The summed E-state index contributed by atoms with van der Waals surface area (Å²) in [5, 5.41) is 2.00. The van der Waals surface area contributed by atoms with Gasteiger partial charge in [-0.15, -0.1) is 11.3 Å². The maximum absolute atomic E-state index is 13.7. The van der Waals surface area contributed by atoms with Crippen LogP contribution in [0.4, 0.5) is 14.7 Å². The first kappa shape index (κ1) is 13.1. The summed E-state index contributed by atoms with van der Waals surface area (Å²) in [6.45, 7) is 1.96. The molecule has 2 N–H and O–H groups in total. The first-order valence-corrected chi connectivity index (χ1v) is 7.09. The highest BCUT2D eigenvalue weighted by Crippen LogP contribution is 2.28. The minimum atomic E-state index is -0.686. The highest BCUT2D eigenvalue weighted by Gasteiger charge is 2.18. The number of nitrogens with zero attached hydrogens (tertiary/aromatic N) is 2. The van der Waals surface area contributed by atoms with E-state index in [4.69, 9.17) is 5.73 Å². The van der Waals surface area contributed by atoms with E-state index in [2.05, 4.69) is 4.98 Å². The van der Waals surface area contributed by atoms with Crippen molar-refractivity contribution in [3.8, 4) is 0 Å². The van der Waals surface area contributed by atoms with Gasteiger partial charge in [0.1, 0.15) is 11.3 Å². The Bertz CT molecular complexity index is 749. The molecule has 0 fully saturated rings. The number of rotatable bonds is 3. The average Bonchev–Trinajstić information content (AvgIpc) is 2.96. The van der Waals surface area contributed by atoms with Gasteiger partial charge in [-0.3, -0.25) is 0 Å². The van der Waals surface area contributed by atoms with Gasteiger partial charge in [0.15, 0.2) is 5.82 Å². The first-order chi connectivity index (χ1) is 9.56. The number of imidazole rings is 1. The summed E-state index contributed by atoms with van der Waals surface area (Å²) in [6, 6.07) is 6.06. The van der Waals surface area contributed by atoms with Crippen LogP contribution in [0, 0.1) is 11.6 Å². The molecule has 3 rings (SSSR count). The maximum Gasteiger partial charge on any atom is 0.201 e. The van der Waals surface area contributed by atoms with Crippen LogP contribution in [-0.4, -0.2) is 9.55 Å². The summed E-state index contributed by atoms with van der Waals surface area (Å²) < 4.78 is 28.8. The predicted molar refractivity (Wildman–Crippen MR) is 76.8 cm³/mol. The molecule has 0 aliphatic heterocycles. The third-order valence-corrected chi connectivity index (χ3v) is 4.16. The van der Waals surface area contributed by atoms with Crippen molar-refractivity contribution in [1.82, 2.24) is 9.55 Å². The fraction of sp³-hybridized carbons (Fsp3) is 0.214. The van der Waals surface area contributed by atoms with Crippen LogP contribution >= 0.6 is 11.3 Å². The molecule has 20 heavy (non-hydrogen) atoms. The van der Waals surface area contributed by atoms with Gasteiger partial charge in [-0.1, -0.05) is 6.07 Å². The molecule has 0 radical (unpaired) electrons. The average molecular weight is 293 g/mol. The number of hydrogen-bond acceptors (Lipinski definition) is 3. The zero-order chi connectivity index (χ0) is 14.3. The molecule has 0 bridgehead atoms. The third kappa shape index (κ3) is 2.16. The molecule has 3 aromatic rings. The number of halogens is 2. The van der Waals surface area contributed by atoms with Crippen LogP contribution in [0.1, 0.15) is 17.8 Å². The molecule has 1 unspecified atom stereocenters. The monoisotopic (exact) mass is 293 g/mol. The van der Waals surface area contributed by atoms with Crippen LogP contribution in [0.15, 0.2) is 29.6 Å². The van der Waals surface area contributed by atoms with Crippen LogP contribution in [0.2, 0.25) is 0 Å². The fourth-order valence-electron chi connectivity index (χ4n) is 2.41. The quantitative estimate of drug-likeness (QED) is 0.799. The molecule has 0 aliphatic rings. The van der Waals surface area contributed by atoms with Gasteiger partial charge in [-0.25, -0.2) is 13.8 Å². The van der Waals surface area contributed by atoms with E-state index in [1.165, 1.54) is 10.9 Å². The van der Waals surface area contributed by atoms with E-state index < -0.39 is 11.6 Å². The Kier molecular flexibility index (Phi) is 3.17. The van der Waals surface area contributed by atoms with Crippen molar-refractivity contribution in [1.29, 1.82) is 0 Å². The standard InChI is InChI=1S/C14H13F2N3S/c1-8(5-10-3-2-4-20-10)19-12-7-9(15)6-11(16)13(12)18-14(19)17/h2-4,6-8H,5H2,1H3,(H2,17,18). The Hall–Kier alpha value is -1.95. The predicted octanol–water partition coefficient (Wildman–Crippen LogP) is 3.76. The Morgan fingerprint density at radius 3 is 2.90 bits per heavy atom. The molecule has 6 heteroatoms. The number of fused-ring (bicyclic) bond motifs is 1. The molecule has 2 heterocycles. The molecule has 1 atom stereocenters. The van der Waals surface area contributed by atoms with Gasteiger partial charge in [0, 0.05) is 29.5 Å². The van der Waals surface area contributed by atoms with Crippen molar-refractivity contribution in [3.05, 3.63) is 46.2 Å². The number of aromatic nitrogens is 2. The van der Waals surface area contributed by atoms with Crippen LogP contribution in [0.25, 0.3) is 11.0 Å². The number of hydrogen-bond donors (Lipinski definition) is 1. The molecule has 0 spiro atoms. The first-order valence-electron chi connectivity index (χ1n) is 6.21. The van der Waals surface area contributed by atoms with Gasteiger partial charge in [-0.2, -0.15) is 0 Å². The van der Waals surface area contributed by atoms with Gasteiger partial charge in [0.05, 0.1) is 5.52 Å². The lowest BCUT2D eigenvalue weighted by molar-refractivity contribution is 0.565. The van der Waals surface area contributed by atoms with E-state index in [0.717, 1.165) is 12.5 Å². The van der Waals surface area contributed by atoms with Gasteiger partial charge < -0.3 is 10.3 Å². The van der Waals surface area contributed by atoms with E-state index in [0.29, 0.717) is 5.52 Å². The molecule has 104 valence electrons. The van der Waals surface area contributed by atoms with Crippen molar-refractivity contribution < 1.29 is 8.78 Å². The Morgan fingerprint density at radius 1 is 1.40 bits per heavy atom. The van der Waals surface area contributed by atoms with Crippen LogP contribution < -0.4 is 5.73 Å². The van der Waals surface area contributed by atoms with Crippen molar-refractivity contribution in [2.75, 3.05) is 5.73 Å². The van der Waals surface area contributed by atoms with Gasteiger partial charge in [0.25, 0.3) is 0 Å². The zero-order valence-corrected chi connectivity index (χ0v) is 11.6. The van der Waals surface area contributed by atoms with Gasteiger partial charge in [0.2, 0.25) is 5.95 Å². The normalized spacial score (nSPS) is 12.9. The van der Waals surface area contributed by atoms with E-state index in [-0.39, 0.29) is 17.5 Å². The van der Waals surface area contributed by atoms with Crippen LogP contribution in [0.5, 0.6) is 0 Å². The minimum absolute atomic E-state index is 0.0279. The summed E-state index contributed by atoms with van der Waals surface area (Å²) in [5.74, 6) is -1.11. The smallest absolute Gasteiger partial charge is 0.201 e. The summed E-state index contributed by atoms with van der Waals surface area (Å²) in [7, 11) is 0. The molecule has 0 amide bonds. The largest absolute Gasteiger partial charge is 0.369 e. The number of thiophene rings is 1. The third-order valence-electron chi connectivity index (χ3n) is 3.26. The van der Waals surface area contributed by atoms with Crippen molar-refractivity contribution in [2.45, 2.75) is 19.4 Å². The molecule has 0 saturated heterocycles. The van der Waals surface area contributed by atoms with Crippen LogP contribution in [0.3, 0.4) is 0 Å². The highest BCUT2D eigenvalue weighted by atomic mass is 32.1. The van der Waals surface area contributed by atoms with E-state index in [1.54, 1.807) is 15.9 Å². The molecule has 0 aliphatic carbocycles. The molecule has 2 aromatic heterocycles. The minimum Gasteiger partial charge on any atom is -0.369 e. The molecule has 1 aromatic carbocycles. The van der Waals surface area contributed by atoms with Crippen LogP contribution in [-0.2, 0) is 6.42 Å². The lowest BCUT2D eigenvalue weighted by Gasteiger charge is -2.15. The van der Waals surface area contributed by atoms with Gasteiger partial charge in [-0.05, 0) is 18.4 Å². The SMILES string of the molecule is CC(Cc1cccs1)n1c(N)nc2c(F)cc(F)cc21. The summed E-state index contributed by atoms with van der Waals surface area (Å²) in [5.41, 5.74) is 6.37.